The van der Waals surface area contributed by atoms with Gasteiger partial charge in [-0.2, -0.15) is 0 Å². The van der Waals surface area contributed by atoms with Crippen LogP contribution in [0.2, 0.25) is 0 Å². The zero-order valence-electron chi connectivity index (χ0n) is 13.1. The lowest BCUT2D eigenvalue weighted by atomic mass is 10.2. The van der Waals surface area contributed by atoms with Gasteiger partial charge in [0, 0.05) is 15.8 Å². The molecule has 0 unspecified atom stereocenters. The maximum atomic E-state index is 12.0. The monoisotopic (exact) mass is 390 g/mol. The van der Waals surface area contributed by atoms with Gasteiger partial charge in [-0.1, -0.05) is 15.9 Å². The van der Waals surface area contributed by atoms with Crippen molar-refractivity contribution in [1.29, 1.82) is 0 Å². The summed E-state index contributed by atoms with van der Waals surface area (Å²) in [5.41, 5.74) is 2.13. The summed E-state index contributed by atoms with van der Waals surface area (Å²) in [6.07, 6.45) is 0. The topological polar surface area (TPSA) is 84.5 Å². The highest BCUT2D eigenvalue weighted by Crippen LogP contribution is 2.20. The molecule has 0 aromatic heterocycles. The van der Waals surface area contributed by atoms with E-state index in [0.29, 0.717) is 16.9 Å². The first-order valence-corrected chi connectivity index (χ1v) is 7.77. The van der Waals surface area contributed by atoms with E-state index in [1.54, 1.807) is 12.1 Å². The molecule has 0 aliphatic carbocycles. The zero-order chi connectivity index (χ0) is 17.7. The minimum absolute atomic E-state index is 0.352. The summed E-state index contributed by atoms with van der Waals surface area (Å²) in [4.78, 5) is 35.2. The van der Waals surface area contributed by atoms with E-state index < -0.39 is 17.8 Å². The molecule has 0 radical (unpaired) electrons. The average Bonchev–Trinajstić information content (AvgIpc) is 2.57. The number of benzene rings is 2. The first-order chi connectivity index (χ1) is 11.4. The van der Waals surface area contributed by atoms with Crippen molar-refractivity contribution in [3.05, 3.63) is 58.1 Å². The summed E-state index contributed by atoms with van der Waals surface area (Å²) >= 11 is 3.33. The van der Waals surface area contributed by atoms with Crippen LogP contribution in [0.3, 0.4) is 0 Å². The second-order valence-electron chi connectivity index (χ2n) is 4.94. The number of carbonyl (C=O) groups is 3. The number of methoxy groups -OCH3 is 1. The van der Waals surface area contributed by atoms with E-state index in [-0.39, 0.29) is 0 Å². The van der Waals surface area contributed by atoms with Crippen LogP contribution in [0.5, 0.6) is 0 Å². The molecule has 24 heavy (non-hydrogen) atoms. The van der Waals surface area contributed by atoms with Crippen molar-refractivity contribution in [2.24, 2.45) is 0 Å². The average molecular weight is 391 g/mol. The number of anilines is 2. The van der Waals surface area contributed by atoms with E-state index in [1.807, 2.05) is 13.0 Å². The van der Waals surface area contributed by atoms with Crippen molar-refractivity contribution in [3.63, 3.8) is 0 Å². The Labute approximate surface area is 147 Å². The first kappa shape index (κ1) is 17.7. The molecule has 0 spiro atoms. The fraction of sp³-hybridized carbons (Fsp3) is 0.118. The van der Waals surface area contributed by atoms with Crippen molar-refractivity contribution in [3.8, 4) is 0 Å². The molecule has 0 fully saturated rings. The molecule has 0 heterocycles. The Morgan fingerprint density at radius 1 is 0.958 bits per heavy atom. The van der Waals surface area contributed by atoms with Crippen LogP contribution in [0.25, 0.3) is 0 Å². The molecule has 0 saturated heterocycles. The standard InChI is InChI=1S/C17H15BrN2O4/c1-10-9-12(18)5-8-14(10)20-16(22)15(21)19-13-6-3-11(4-7-13)17(23)24-2/h3-9H,1-2H3,(H,19,21)(H,20,22). The molecule has 0 aliphatic heterocycles. The third-order valence-electron chi connectivity index (χ3n) is 3.21. The summed E-state index contributed by atoms with van der Waals surface area (Å²) in [5.74, 6) is -2.06. The molecule has 2 aromatic rings. The lowest BCUT2D eigenvalue weighted by molar-refractivity contribution is -0.133. The quantitative estimate of drug-likeness (QED) is 0.622. The Morgan fingerprint density at radius 2 is 1.58 bits per heavy atom. The normalized spacial score (nSPS) is 9.96. The van der Waals surface area contributed by atoms with Gasteiger partial charge in [-0.3, -0.25) is 9.59 Å². The highest BCUT2D eigenvalue weighted by atomic mass is 79.9. The highest BCUT2D eigenvalue weighted by Gasteiger charge is 2.15. The molecule has 0 atom stereocenters. The van der Waals surface area contributed by atoms with Crippen LogP contribution in [-0.4, -0.2) is 24.9 Å². The molecule has 2 N–H and O–H groups in total. The van der Waals surface area contributed by atoms with Crippen LogP contribution in [0, 0.1) is 6.92 Å². The van der Waals surface area contributed by atoms with Gasteiger partial charge in [-0.25, -0.2) is 4.79 Å². The second kappa shape index (κ2) is 7.74. The van der Waals surface area contributed by atoms with Gasteiger partial charge in [0.05, 0.1) is 12.7 Å². The van der Waals surface area contributed by atoms with Crippen LogP contribution < -0.4 is 10.6 Å². The fourth-order valence-electron chi connectivity index (χ4n) is 1.94. The molecule has 2 aromatic carbocycles. The van der Waals surface area contributed by atoms with E-state index in [4.69, 9.17) is 0 Å². The van der Waals surface area contributed by atoms with Gasteiger partial charge in [-0.05, 0) is 55.0 Å². The number of ether oxygens (including phenoxy) is 1. The predicted molar refractivity (Wildman–Crippen MR) is 93.9 cm³/mol. The summed E-state index contributed by atoms with van der Waals surface area (Å²) in [6.45, 7) is 1.82. The van der Waals surface area contributed by atoms with Crippen LogP contribution in [-0.2, 0) is 14.3 Å². The van der Waals surface area contributed by atoms with Gasteiger partial charge in [0.1, 0.15) is 0 Å². The molecule has 0 saturated carbocycles. The summed E-state index contributed by atoms with van der Waals surface area (Å²) in [7, 11) is 1.28. The Hall–Kier alpha value is -2.67. The Bertz CT molecular complexity index is 788. The van der Waals surface area contributed by atoms with Crippen molar-refractivity contribution in [1.82, 2.24) is 0 Å². The van der Waals surface area contributed by atoms with Gasteiger partial charge in [-0.15, -0.1) is 0 Å². The van der Waals surface area contributed by atoms with E-state index in [9.17, 15) is 14.4 Å². The van der Waals surface area contributed by atoms with Gasteiger partial charge in [0.2, 0.25) is 0 Å². The smallest absolute Gasteiger partial charge is 0.337 e. The van der Waals surface area contributed by atoms with Crippen LogP contribution in [0.1, 0.15) is 15.9 Å². The molecule has 2 amide bonds. The molecule has 7 heteroatoms. The van der Waals surface area contributed by atoms with E-state index in [1.165, 1.54) is 31.4 Å². The van der Waals surface area contributed by atoms with E-state index in [0.717, 1.165) is 10.0 Å². The number of esters is 1. The number of hydrogen-bond acceptors (Lipinski definition) is 4. The number of nitrogens with one attached hydrogen (secondary N) is 2. The van der Waals surface area contributed by atoms with Crippen molar-refractivity contribution in [2.45, 2.75) is 6.92 Å². The van der Waals surface area contributed by atoms with Crippen LogP contribution >= 0.6 is 15.9 Å². The summed E-state index contributed by atoms with van der Waals surface area (Å²) < 4.78 is 5.47. The maximum absolute atomic E-state index is 12.0. The lowest BCUT2D eigenvalue weighted by Gasteiger charge is -2.09. The summed E-state index contributed by atoms with van der Waals surface area (Å²) in [6, 6.07) is 11.3. The Balaban J connectivity index is 2.01. The Kier molecular flexibility index (Phi) is 5.70. The molecule has 0 aliphatic rings. The molecular formula is C17H15BrN2O4. The highest BCUT2D eigenvalue weighted by molar-refractivity contribution is 9.10. The number of halogens is 1. The van der Waals surface area contributed by atoms with Gasteiger partial charge < -0.3 is 15.4 Å². The number of rotatable bonds is 3. The molecule has 124 valence electrons. The van der Waals surface area contributed by atoms with Gasteiger partial charge >= 0.3 is 17.8 Å². The van der Waals surface area contributed by atoms with Crippen LogP contribution in [0.15, 0.2) is 46.9 Å². The molecule has 6 nitrogen and oxygen atoms in total. The number of carbonyl (C=O) groups excluding carboxylic acids is 3. The zero-order valence-corrected chi connectivity index (χ0v) is 14.6. The number of amides is 2. The van der Waals surface area contributed by atoms with E-state index in [2.05, 4.69) is 31.3 Å². The Morgan fingerprint density at radius 3 is 2.17 bits per heavy atom. The van der Waals surface area contributed by atoms with Crippen molar-refractivity contribution < 1.29 is 19.1 Å². The maximum Gasteiger partial charge on any atom is 0.337 e. The molecular weight excluding hydrogens is 376 g/mol. The third-order valence-corrected chi connectivity index (χ3v) is 3.70. The van der Waals surface area contributed by atoms with Gasteiger partial charge in [0.15, 0.2) is 0 Å². The SMILES string of the molecule is COC(=O)c1ccc(NC(=O)C(=O)Nc2ccc(Br)cc2C)cc1. The molecule has 2 rings (SSSR count). The third kappa shape index (κ3) is 4.42. The predicted octanol–water partition coefficient (Wildman–Crippen LogP) is 3.12. The minimum atomic E-state index is -0.803. The van der Waals surface area contributed by atoms with Crippen molar-refractivity contribution >= 4 is 45.1 Å². The van der Waals surface area contributed by atoms with E-state index >= 15 is 0 Å². The molecule has 0 bridgehead atoms. The fourth-order valence-corrected chi connectivity index (χ4v) is 2.42. The number of hydrogen-bond donors (Lipinski definition) is 2. The van der Waals surface area contributed by atoms with Crippen molar-refractivity contribution in [2.75, 3.05) is 17.7 Å². The lowest BCUT2D eigenvalue weighted by Crippen LogP contribution is -2.29. The summed E-state index contributed by atoms with van der Waals surface area (Å²) in [5, 5.41) is 5.01. The second-order valence-corrected chi connectivity index (χ2v) is 5.85. The minimum Gasteiger partial charge on any atom is -0.465 e. The largest absolute Gasteiger partial charge is 0.465 e. The first-order valence-electron chi connectivity index (χ1n) is 6.97. The van der Waals surface area contributed by atoms with Gasteiger partial charge in [0.25, 0.3) is 0 Å². The number of aryl methyl sites for hydroxylation is 1. The van der Waals surface area contributed by atoms with Crippen LogP contribution in [0.4, 0.5) is 11.4 Å².